The smallest absolute Gasteiger partial charge is 0.329 e. The highest BCUT2D eigenvalue weighted by molar-refractivity contribution is 6.35. The van der Waals surface area contributed by atoms with Crippen LogP contribution >= 0.6 is 23.2 Å². The van der Waals surface area contributed by atoms with Crippen molar-refractivity contribution in [2.24, 2.45) is 0 Å². The number of ether oxygens (including phenoxy) is 3. The third kappa shape index (κ3) is 5.28. The topological polar surface area (TPSA) is 94.2 Å². The third-order valence-corrected chi connectivity index (χ3v) is 4.96. The van der Waals surface area contributed by atoms with Crippen LogP contribution in [0.1, 0.15) is 11.1 Å². The molecular formula is C21H18Cl2N2O6. The van der Waals surface area contributed by atoms with E-state index in [0.29, 0.717) is 27.1 Å². The Labute approximate surface area is 188 Å². The molecule has 1 fully saturated rings. The van der Waals surface area contributed by atoms with Gasteiger partial charge in [0, 0.05) is 15.6 Å². The first-order chi connectivity index (χ1) is 14.8. The molecule has 3 rings (SSSR count). The van der Waals surface area contributed by atoms with Gasteiger partial charge >= 0.3 is 12.0 Å². The average molecular weight is 465 g/mol. The Bertz CT molecular complexity index is 1070. The molecule has 0 aliphatic carbocycles. The van der Waals surface area contributed by atoms with Crippen molar-refractivity contribution < 1.29 is 28.6 Å². The Morgan fingerprint density at radius 1 is 1.10 bits per heavy atom. The van der Waals surface area contributed by atoms with Crippen molar-refractivity contribution in [2.45, 2.75) is 6.61 Å². The number of nitrogens with one attached hydrogen (secondary N) is 1. The lowest BCUT2D eigenvalue weighted by molar-refractivity contribution is -0.143. The van der Waals surface area contributed by atoms with Crippen molar-refractivity contribution in [3.63, 3.8) is 0 Å². The minimum atomic E-state index is -0.701. The monoisotopic (exact) mass is 464 g/mol. The van der Waals surface area contributed by atoms with E-state index in [0.717, 1.165) is 10.5 Å². The normalized spacial score (nSPS) is 14.6. The number of halogens is 2. The molecule has 0 aromatic heterocycles. The van der Waals surface area contributed by atoms with Crippen molar-refractivity contribution in [3.8, 4) is 11.5 Å². The number of urea groups is 1. The second kappa shape index (κ2) is 9.72. The van der Waals surface area contributed by atoms with E-state index in [1.165, 1.54) is 20.3 Å². The number of imide groups is 1. The predicted octanol–water partition coefficient (Wildman–Crippen LogP) is 3.65. The predicted molar refractivity (Wildman–Crippen MR) is 114 cm³/mol. The van der Waals surface area contributed by atoms with Crippen LogP contribution in [0.3, 0.4) is 0 Å². The summed E-state index contributed by atoms with van der Waals surface area (Å²) >= 11 is 12.1. The molecule has 31 heavy (non-hydrogen) atoms. The van der Waals surface area contributed by atoms with E-state index in [1.54, 1.807) is 36.4 Å². The number of benzene rings is 2. The average Bonchev–Trinajstić information content (AvgIpc) is 3.00. The lowest BCUT2D eigenvalue weighted by Gasteiger charge is -2.12. The Balaban J connectivity index is 1.76. The summed E-state index contributed by atoms with van der Waals surface area (Å²) in [6.07, 6.45) is 1.47. The van der Waals surface area contributed by atoms with Crippen LogP contribution < -0.4 is 14.8 Å². The van der Waals surface area contributed by atoms with E-state index >= 15 is 0 Å². The number of esters is 1. The van der Waals surface area contributed by atoms with Crippen LogP contribution in [0, 0.1) is 0 Å². The molecule has 1 aliphatic heterocycles. The van der Waals surface area contributed by atoms with Crippen molar-refractivity contribution >= 4 is 47.2 Å². The van der Waals surface area contributed by atoms with Crippen LogP contribution in [0.4, 0.5) is 4.79 Å². The SMILES string of the molecule is COC(=O)CN1C(=O)N/C(=C/c2ccc(OCc3ccc(Cl)cc3Cl)c(OC)c2)C1=O. The zero-order chi connectivity index (χ0) is 22.5. The quantitative estimate of drug-likeness (QED) is 0.381. The minimum Gasteiger partial charge on any atom is -0.493 e. The van der Waals surface area contributed by atoms with Gasteiger partial charge in [-0.25, -0.2) is 9.69 Å². The minimum absolute atomic E-state index is 0.0255. The highest BCUT2D eigenvalue weighted by Crippen LogP contribution is 2.31. The van der Waals surface area contributed by atoms with Gasteiger partial charge in [-0.2, -0.15) is 0 Å². The maximum atomic E-state index is 12.4. The zero-order valence-electron chi connectivity index (χ0n) is 16.6. The number of methoxy groups -OCH3 is 2. The molecule has 162 valence electrons. The molecule has 1 aliphatic rings. The van der Waals surface area contributed by atoms with E-state index < -0.39 is 24.5 Å². The van der Waals surface area contributed by atoms with E-state index in [9.17, 15) is 14.4 Å². The Morgan fingerprint density at radius 2 is 1.87 bits per heavy atom. The summed E-state index contributed by atoms with van der Waals surface area (Å²) in [5.74, 6) is -0.451. The Hall–Kier alpha value is -3.23. The summed E-state index contributed by atoms with van der Waals surface area (Å²) < 4.78 is 15.7. The van der Waals surface area contributed by atoms with E-state index in [4.69, 9.17) is 32.7 Å². The van der Waals surface area contributed by atoms with Gasteiger partial charge in [-0.05, 0) is 35.9 Å². The van der Waals surface area contributed by atoms with Crippen molar-refractivity contribution in [3.05, 3.63) is 63.3 Å². The first-order valence-corrected chi connectivity index (χ1v) is 9.74. The molecule has 0 saturated carbocycles. The summed E-state index contributed by atoms with van der Waals surface area (Å²) in [6.45, 7) is -0.272. The van der Waals surface area contributed by atoms with Crippen molar-refractivity contribution in [2.75, 3.05) is 20.8 Å². The Kier molecular flexibility index (Phi) is 7.04. The highest BCUT2D eigenvalue weighted by Gasteiger charge is 2.35. The Morgan fingerprint density at radius 3 is 2.55 bits per heavy atom. The van der Waals surface area contributed by atoms with Crippen molar-refractivity contribution in [1.29, 1.82) is 0 Å². The van der Waals surface area contributed by atoms with Gasteiger partial charge in [0.15, 0.2) is 11.5 Å². The van der Waals surface area contributed by atoms with E-state index in [1.807, 2.05) is 0 Å². The van der Waals surface area contributed by atoms with Gasteiger partial charge in [-0.15, -0.1) is 0 Å². The van der Waals surface area contributed by atoms with E-state index in [2.05, 4.69) is 10.1 Å². The molecule has 0 atom stereocenters. The molecule has 0 unspecified atom stereocenters. The maximum Gasteiger partial charge on any atom is 0.329 e. The number of hydrogen-bond acceptors (Lipinski definition) is 6. The second-order valence-electron chi connectivity index (χ2n) is 6.39. The molecule has 1 N–H and O–H groups in total. The molecular weight excluding hydrogens is 447 g/mol. The number of carbonyl (C=O) groups excluding carboxylic acids is 3. The molecule has 1 heterocycles. The van der Waals surface area contributed by atoms with Crippen molar-refractivity contribution in [1.82, 2.24) is 10.2 Å². The van der Waals surface area contributed by atoms with Gasteiger partial charge < -0.3 is 19.5 Å². The van der Waals surface area contributed by atoms with Gasteiger partial charge in [0.25, 0.3) is 5.91 Å². The molecule has 0 radical (unpaired) electrons. The van der Waals surface area contributed by atoms with Crippen LogP contribution in [0.5, 0.6) is 11.5 Å². The standard InChI is InChI=1S/C21H18Cl2N2O6/c1-29-18-8-12(7-16-20(27)25(21(28)24-16)10-19(26)30-2)3-6-17(18)31-11-13-4-5-14(22)9-15(13)23/h3-9H,10-11H2,1-2H3,(H,24,28)/b16-7+. The molecule has 10 heteroatoms. The number of hydrogen-bond donors (Lipinski definition) is 1. The fraction of sp³-hybridized carbons (Fsp3) is 0.190. The second-order valence-corrected chi connectivity index (χ2v) is 7.23. The van der Waals surface area contributed by atoms with Crippen LogP contribution in [0.25, 0.3) is 6.08 Å². The fourth-order valence-corrected chi connectivity index (χ4v) is 3.23. The summed E-state index contributed by atoms with van der Waals surface area (Å²) in [5, 5.41) is 3.45. The third-order valence-electron chi connectivity index (χ3n) is 4.37. The lowest BCUT2D eigenvalue weighted by Crippen LogP contribution is -2.36. The summed E-state index contributed by atoms with van der Waals surface area (Å²) in [7, 11) is 2.66. The summed E-state index contributed by atoms with van der Waals surface area (Å²) in [4.78, 5) is 36.5. The first-order valence-electron chi connectivity index (χ1n) is 8.98. The molecule has 2 aromatic carbocycles. The van der Waals surface area contributed by atoms with Gasteiger partial charge in [-0.3, -0.25) is 9.59 Å². The molecule has 8 nitrogen and oxygen atoms in total. The largest absolute Gasteiger partial charge is 0.493 e. The van der Waals surface area contributed by atoms with Gasteiger partial charge in [0.1, 0.15) is 18.8 Å². The fourth-order valence-electron chi connectivity index (χ4n) is 2.76. The van der Waals surface area contributed by atoms with Crippen LogP contribution in [-0.2, 0) is 20.9 Å². The first kappa shape index (κ1) is 22.5. The van der Waals surface area contributed by atoms with Gasteiger partial charge in [0.05, 0.1) is 14.2 Å². The van der Waals surface area contributed by atoms with Gasteiger partial charge in [0.2, 0.25) is 0 Å². The number of carbonyl (C=O) groups is 3. The number of amides is 3. The highest BCUT2D eigenvalue weighted by atomic mass is 35.5. The van der Waals surface area contributed by atoms with E-state index in [-0.39, 0.29) is 12.3 Å². The number of rotatable bonds is 7. The van der Waals surface area contributed by atoms with Crippen LogP contribution in [0.15, 0.2) is 42.1 Å². The van der Waals surface area contributed by atoms with Crippen LogP contribution in [0.2, 0.25) is 10.0 Å². The number of nitrogens with zero attached hydrogens (tertiary/aromatic N) is 1. The van der Waals surface area contributed by atoms with Gasteiger partial charge in [-0.1, -0.05) is 35.3 Å². The molecule has 2 aromatic rings. The zero-order valence-corrected chi connectivity index (χ0v) is 18.1. The molecule has 0 bridgehead atoms. The molecule has 1 saturated heterocycles. The lowest BCUT2D eigenvalue weighted by atomic mass is 10.1. The molecule has 0 spiro atoms. The summed E-state index contributed by atoms with van der Waals surface area (Å²) in [5.41, 5.74) is 1.36. The molecule has 3 amide bonds. The summed E-state index contributed by atoms with van der Waals surface area (Å²) in [6, 6.07) is 9.42. The maximum absolute atomic E-state index is 12.4. The van der Waals surface area contributed by atoms with Crippen LogP contribution in [-0.4, -0.2) is 43.6 Å².